The second-order valence-electron chi connectivity index (χ2n) is 4.03. The zero-order valence-electron chi connectivity index (χ0n) is 9.93. The van der Waals surface area contributed by atoms with Crippen LogP contribution in [-0.4, -0.2) is 24.6 Å². The van der Waals surface area contributed by atoms with Gasteiger partial charge in [-0.3, -0.25) is 0 Å². The van der Waals surface area contributed by atoms with E-state index in [0.29, 0.717) is 18.6 Å². The van der Waals surface area contributed by atoms with Crippen LogP contribution in [0.2, 0.25) is 0 Å². The van der Waals surface area contributed by atoms with Crippen molar-refractivity contribution in [2.45, 2.75) is 18.9 Å². The summed E-state index contributed by atoms with van der Waals surface area (Å²) in [5.41, 5.74) is 1.34. The first-order chi connectivity index (χ1) is 8.70. The van der Waals surface area contributed by atoms with Crippen LogP contribution in [0.3, 0.4) is 0 Å². The van der Waals surface area contributed by atoms with Crippen molar-refractivity contribution in [3.8, 4) is 0 Å². The molecule has 0 bridgehead atoms. The van der Waals surface area contributed by atoms with E-state index in [1.165, 1.54) is 0 Å². The molecule has 0 spiro atoms. The molecule has 0 N–H and O–H groups in total. The number of cyclic esters (lactones) is 1. The molecule has 0 radical (unpaired) electrons. The normalized spacial score (nSPS) is 18.9. The number of ether oxygens (including phenoxy) is 2. The van der Waals surface area contributed by atoms with Crippen molar-refractivity contribution in [2.75, 3.05) is 6.61 Å². The van der Waals surface area contributed by atoms with Gasteiger partial charge < -0.3 is 9.47 Å². The van der Waals surface area contributed by atoms with Crippen molar-refractivity contribution < 1.29 is 19.1 Å². The van der Waals surface area contributed by atoms with Crippen LogP contribution in [0, 0.1) is 0 Å². The van der Waals surface area contributed by atoms with Gasteiger partial charge in [0.25, 0.3) is 0 Å². The molecule has 18 heavy (non-hydrogen) atoms. The van der Waals surface area contributed by atoms with Crippen LogP contribution in [0.4, 0.5) is 0 Å². The molecule has 1 aromatic carbocycles. The molecule has 0 aromatic heterocycles. The average Bonchev–Trinajstić information content (AvgIpc) is 2.41. The largest absolute Gasteiger partial charge is 0.463 e. The summed E-state index contributed by atoms with van der Waals surface area (Å²) in [5.74, 6) is -0.966. The quantitative estimate of drug-likeness (QED) is 0.767. The summed E-state index contributed by atoms with van der Waals surface area (Å²) in [7, 11) is 0. The fourth-order valence-corrected chi connectivity index (χ4v) is 1.71. The lowest BCUT2D eigenvalue weighted by atomic mass is 10.1. The smallest absolute Gasteiger partial charge is 0.347 e. The summed E-state index contributed by atoms with van der Waals surface area (Å²) in [5, 5.41) is 0. The minimum atomic E-state index is -0.773. The predicted molar refractivity (Wildman–Crippen MR) is 65.9 cm³/mol. The molecule has 1 atom stereocenters. The van der Waals surface area contributed by atoms with Crippen LogP contribution in [0.1, 0.15) is 28.8 Å². The predicted octanol–water partition coefficient (Wildman–Crippen LogP) is 2.19. The highest BCUT2D eigenvalue weighted by atomic mass is 16.6. The molecule has 1 saturated heterocycles. The lowest BCUT2D eigenvalue weighted by Crippen LogP contribution is -2.33. The first-order valence-corrected chi connectivity index (χ1v) is 5.81. The van der Waals surface area contributed by atoms with Gasteiger partial charge in [-0.2, -0.15) is 0 Å². The zero-order valence-corrected chi connectivity index (χ0v) is 9.93. The maximum absolute atomic E-state index is 11.8. The summed E-state index contributed by atoms with van der Waals surface area (Å²) in [6, 6.07) is 6.83. The van der Waals surface area contributed by atoms with E-state index < -0.39 is 18.0 Å². The molecule has 4 nitrogen and oxygen atoms in total. The van der Waals surface area contributed by atoms with Crippen molar-refractivity contribution in [3.63, 3.8) is 0 Å². The van der Waals surface area contributed by atoms with Gasteiger partial charge >= 0.3 is 11.9 Å². The minimum absolute atomic E-state index is 0.404. The summed E-state index contributed by atoms with van der Waals surface area (Å²) in [4.78, 5) is 23.2. The first-order valence-electron chi connectivity index (χ1n) is 5.81. The summed E-state index contributed by atoms with van der Waals surface area (Å²) < 4.78 is 9.96. The second-order valence-corrected chi connectivity index (χ2v) is 4.03. The molecule has 2 rings (SSSR count). The average molecular weight is 246 g/mol. The molecule has 1 aliphatic rings. The van der Waals surface area contributed by atoms with Crippen LogP contribution < -0.4 is 0 Å². The molecule has 0 amide bonds. The lowest BCUT2D eigenvalue weighted by molar-refractivity contribution is -0.159. The Hall–Kier alpha value is -2.10. The Morgan fingerprint density at radius 2 is 2.11 bits per heavy atom. The molecule has 4 heteroatoms. The number of carbonyl (C=O) groups excluding carboxylic acids is 2. The van der Waals surface area contributed by atoms with E-state index in [4.69, 9.17) is 9.47 Å². The van der Waals surface area contributed by atoms with Crippen molar-refractivity contribution in [2.24, 2.45) is 0 Å². The van der Waals surface area contributed by atoms with Gasteiger partial charge in [-0.05, 0) is 30.5 Å². The number of benzene rings is 1. The van der Waals surface area contributed by atoms with Gasteiger partial charge in [0.05, 0.1) is 12.2 Å². The molecule has 94 valence electrons. The van der Waals surface area contributed by atoms with Gasteiger partial charge in [-0.1, -0.05) is 24.8 Å². The third-order valence-corrected chi connectivity index (χ3v) is 2.75. The van der Waals surface area contributed by atoms with Gasteiger partial charge in [-0.15, -0.1) is 0 Å². The van der Waals surface area contributed by atoms with Gasteiger partial charge in [0.15, 0.2) is 6.10 Å². The highest BCUT2D eigenvalue weighted by Crippen LogP contribution is 2.14. The fourth-order valence-electron chi connectivity index (χ4n) is 1.71. The van der Waals surface area contributed by atoms with Crippen LogP contribution in [-0.2, 0) is 14.3 Å². The molecule has 0 saturated carbocycles. The van der Waals surface area contributed by atoms with E-state index in [1.54, 1.807) is 30.3 Å². The van der Waals surface area contributed by atoms with E-state index in [0.717, 1.165) is 12.0 Å². The van der Waals surface area contributed by atoms with Crippen molar-refractivity contribution in [3.05, 3.63) is 42.0 Å². The third-order valence-electron chi connectivity index (χ3n) is 2.75. The number of hydrogen-bond donors (Lipinski definition) is 0. The topological polar surface area (TPSA) is 52.6 Å². The highest BCUT2D eigenvalue weighted by molar-refractivity contribution is 5.91. The Bertz CT molecular complexity index is 461. The third kappa shape index (κ3) is 2.77. The van der Waals surface area contributed by atoms with E-state index in [-0.39, 0.29) is 0 Å². The maximum atomic E-state index is 11.8. The van der Waals surface area contributed by atoms with Gasteiger partial charge in [0.2, 0.25) is 0 Å². The summed E-state index contributed by atoms with van der Waals surface area (Å²) in [6.07, 6.45) is 2.16. The van der Waals surface area contributed by atoms with Crippen LogP contribution >= 0.6 is 0 Å². The minimum Gasteiger partial charge on any atom is -0.463 e. The van der Waals surface area contributed by atoms with E-state index >= 15 is 0 Å². The van der Waals surface area contributed by atoms with Crippen molar-refractivity contribution >= 4 is 18.0 Å². The molecule has 1 aliphatic heterocycles. The molecule has 1 heterocycles. The molecule has 0 aliphatic carbocycles. The molecular weight excluding hydrogens is 232 g/mol. The Balaban J connectivity index is 2.02. The molecule has 1 aromatic rings. The van der Waals surface area contributed by atoms with Crippen LogP contribution in [0.15, 0.2) is 30.8 Å². The summed E-state index contributed by atoms with van der Waals surface area (Å²) in [6.45, 7) is 4.04. The monoisotopic (exact) mass is 246 g/mol. The molecule has 1 unspecified atom stereocenters. The lowest BCUT2D eigenvalue weighted by Gasteiger charge is -2.20. The number of rotatable bonds is 3. The van der Waals surface area contributed by atoms with E-state index in [1.807, 2.05) is 0 Å². The number of esters is 2. The van der Waals surface area contributed by atoms with E-state index in [9.17, 15) is 9.59 Å². The Labute approximate surface area is 105 Å². The summed E-state index contributed by atoms with van der Waals surface area (Å²) >= 11 is 0. The molecular formula is C14H14O4. The number of carbonyl (C=O) groups is 2. The van der Waals surface area contributed by atoms with Gasteiger partial charge in [-0.25, -0.2) is 9.59 Å². The van der Waals surface area contributed by atoms with E-state index in [2.05, 4.69) is 6.58 Å². The zero-order chi connectivity index (χ0) is 13.0. The maximum Gasteiger partial charge on any atom is 0.347 e. The second kappa shape index (κ2) is 5.49. The fraction of sp³-hybridized carbons (Fsp3) is 0.286. The van der Waals surface area contributed by atoms with Gasteiger partial charge in [0, 0.05) is 0 Å². The van der Waals surface area contributed by atoms with Crippen molar-refractivity contribution in [1.29, 1.82) is 0 Å². The highest BCUT2D eigenvalue weighted by Gasteiger charge is 2.28. The number of hydrogen-bond acceptors (Lipinski definition) is 4. The molecule has 1 fully saturated rings. The van der Waals surface area contributed by atoms with Gasteiger partial charge in [0.1, 0.15) is 0 Å². The van der Waals surface area contributed by atoms with Crippen LogP contribution in [0.25, 0.3) is 6.08 Å². The Kier molecular flexibility index (Phi) is 3.77. The SMILES string of the molecule is C=Cc1ccc(C(=O)OC2CCCOC2=O)cc1. The van der Waals surface area contributed by atoms with Crippen molar-refractivity contribution in [1.82, 2.24) is 0 Å². The Morgan fingerprint density at radius 3 is 2.72 bits per heavy atom. The standard InChI is InChI=1S/C14H14O4/c1-2-10-5-7-11(8-6-10)13(15)18-12-4-3-9-17-14(12)16/h2,5-8,12H,1,3-4,9H2. The van der Waals surface area contributed by atoms with Crippen LogP contribution in [0.5, 0.6) is 0 Å². The first kappa shape index (κ1) is 12.4. The Morgan fingerprint density at radius 1 is 1.39 bits per heavy atom.